The number of hydrogen-bond acceptors (Lipinski definition) is 3. The Morgan fingerprint density at radius 2 is 2.00 bits per heavy atom. The second-order valence-corrected chi connectivity index (χ2v) is 8.80. The van der Waals surface area contributed by atoms with Crippen LogP contribution in [0.2, 0.25) is 5.02 Å². The van der Waals surface area contributed by atoms with E-state index in [0.29, 0.717) is 0 Å². The molecule has 2 aliphatic rings. The molecule has 0 bridgehead atoms. The maximum Gasteiger partial charge on any atom is 0.228 e. The van der Waals surface area contributed by atoms with Gasteiger partial charge in [-0.3, -0.25) is 4.79 Å². The summed E-state index contributed by atoms with van der Waals surface area (Å²) in [6.45, 7) is 2.97. The van der Waals surface area contributed by atoms with Gasteiger partial charge >= 0.3 is 0 Å². The van der Waals surface area contributed by atoms with E-state index in [2.05, 4.69) is 26.1 Å². The number of anilines is 1. The van der Waals surface area contributed by atoms with Gasteiger partial charge in [0.05, 0.1) is 0 Å². The van der Waals surface area contributed by atoms with Crippen molar-refractivity contribution < 1.29 is 4.79 Å². The summed E-state index contributed by atoms with van der Waals surface area (Å²) in [5.41, 5.74) is 3.94. The second-order valence-electron chi connectivity index (χ2n) is 8.39. The fourth-order valence-electron chi connectivity index (χ4n) is 4.42. The van der Waals surface area contributed by atoms with Crippen LogP contribution < -0.4 is 5.32 Å². The third-order valence-electron chi connectivity index (χ3n) is 6.30. The van der Waals surface area contributed by atoms with Crippen molar-refractivity contribution >= 4 is 23.2 Å². The topological polar surface area (TPSA) is 59.8 Å². The minimum atomic E-state index is -0.0303. The first-order chi connectivity index (χ1) is 14.6. The van der Waals surface area contributed by atoms with Crippen molar-refractivity contribution in [2.45, 2.75) is 51.5 Å². The van der Waals surface area contributed by atoms with Gasteiger partial charge in [0, 0.05) is 35.2 Å². The molecule has 2 aromatic carbocycles. The van der Waals surface area contributed by atoms with Crippen molar-refractivity contribution in [3.63, 3.8) is 0 Å². The van der Waals surface area contributed by atoms with Crippen molar-refractivity contribution in [2.75, 3.05) is 5.32 Å². The number of carbonyl (C=O) groups is 1. The standard InChI is InChI=1S/C24H25ClN4O/c1-15-10-11-16(23-28-27-22-9-3-2-6-12-29(22)23)13-21(15)26-24(30)19-14-18(19)17-7-4-5-8-20(17)25/h4-5,7-8,10-11,13,18-19H,2-3,6,9,12,14H2,1H3,(H,26,30). The molecule has 2 heterocycles. The van der Waals surface area contributed by atoms with E-state index in [4.69, 9.17) is 11.6 Å². The second kappa shape index (κ2) is 7.88. The maximum absolute atomic E-state index is 12.9. The minimum Gasteiger partial charge on any atom is -0.326 e. The van der Waals surface area contributed by atoms with Crippen LogP contribution in [-0.4, -0.2) is 20.7 Å². The number of carbonyl (C=O) groups excluding carboxylic acids is 1. The van der Waals surface area contributed by atoms with Gasteiger partial charge in [-0.05, 0) is 55.4 Å². The molecule has 1 fully saturated rings. The first-order valence-electron chi connectivity index (χ1n) is 10.7. The molecule has 1 aliphatic heterocycles. The molecule has 5 rings (SSSR count). The lowest BCUT2D eigenvalue weighted by Crippen LogP contribution is -2.15. The summed E-state index contributed by atoms with van der Waals surface area (Å²) >= 11 is 6.32. The van der Waals surface area contributed by atoms with Crippen LogP contribution in [0, 0.1) is 12.8 Å². The van der Waals surface area contributed by atoms with Crippen LogP contribution in [0.25, 0.3) is 11.4 Å². The zero-order chi connectivity index (χ0) is 20.7. The fourth-order valence-corrected chi connectivity index (χ4v) is 4.70. The molecule has 1 aliphatic carbocycles. The molecule has 154 valence electrons. The highest BCUT2D eigenvalue weighted by molar-refractivity contribution is 6.31. The first-order valence-corrected chi connectivity index (χ1v) is 11.1. The van der Waals surface area contributed by atoms with Crippen LogP contribution in [0.1, 0.15) is 48.6 Å². The molecule has 3 aromatic rings. The number of aryl methyl sites for hydroxylation is 2. The quantitative estimate of drug-likeness (QED) is 0.616. The molecule has 1 amide bonds. The predicted octanol–water partition coefficient (Wildman–Crippen LogP) is 5.38. The largest absolute Gasteiger partial charge is 0.326 e. The highest BCUT2D eigenvalue weighted by atomic mass is 35.5. The maximum atomic E-state index is 12.9. The molecule has 0 radical (unpaired) electrons. The molecule has 2 unspecified atom stereocenters. The lowest BCUT2D eigenvalue weighted by atomic mass is 10.1. The molecule has 30 heavy (non-hydrogen) atoms. The summed E-state index contributed by atoms with van der Waals surface area (Å²) in [5.74, 6) is 2.18. The average Bonchev–Trinajstić information content (AvgIpc) is 3.49. The first kappa shape index (κ1) is 19.3. The number of fused-ring (bicyclic) bond motifs is 1. The van der Waals surface area contributed by atoms with Crippen molar-refractivity contribution in [3.8, 4) is 11.4 Å². The van der Waals surface area contributed by atoms with Crippen LogP contribution >= 0.6 is 11.6 Å². The number of nitrogens with one attached hydrogen (secondary N) is 1. The van der Waals surface area contributed by atoms with Gasteiger partial charge in [0.25, 0.3) is 0 Å². The minimum absolute atomic E-state index is 0.0303. The van der Waals surface area contributed by atoms with E-state index in [0.717, 1.165) is 64.9 Å². The van der Waals surface area contributed by atoms with Crippen molar-refractivity contribution in [3.05, 3.63) is 64.4 Å². The summed E-state index contributed by atoms with van der Waals surface area (Å²) in [4.78, 5) is 12.9. The molecule has 0 spiro atoms. The van der Waals surface area contributed by atoms with Gasteiger partial charge in [-0.15, -0.1) is 10.2 Å². The zero-order valence-electron chi connectivity index (χ0n) is 17.1. The lowest BCUT2D eigenvalue weighted by Gasteiger charge is -2.12. The van der Waals surface area contributed by atoms with Crippen LogP contribution in [0.4, 0.5) is 5.69 Å². The van der Waals surface area contributed by atoms with Gasteiger partial charge in [0.1, 0.15) is 5.82 Å². The Kier molecular flexibility index (Phi) is 5.07. The monoisotopic (exact) mass is 420 g/mol. The Bertz CT molecular complexity index is 1110. The van der Waals surface area contributed by atoms with Crippen molar-refractivity contribution in [1.82, 2.24) is 14.8 Å². The SMILES string of the molecule is Cc1ccc(-c2nnc3n2CCCCC3)cc1NC(=O)C1CC1c1ccccc1Cl. The molecular weight excluding hydrogens is 396 g/mol. The number of halogens is 1. The molecule has 2 atom stereocenters. The van der Waals surface area contributed by atoms with E-state index >= 15 is 0 Å². The molecule has 6 heteroatoms. The number of benzene rings is 2. The van der Waals surface area contributed by atoms with E-state index < -0.39 is 0 Å². The zero-order valence-corrected chi connectivity index (χ0v) is 17.8. The third-order valence-corrected chi connectivity index (χ3v) is 6.64. The Hall–Kier alpha value is -2.66. The normalized spacial score (nSPS) is 20.3. The van der Waals surface area contributed by atoms with Crippen LogP contribution in [0.15, 0.2) is 42.5 Å². The number of aromatic nitrogens is 3. The predicted molar refractivity (Wildman–Crippen MR) is 119 cm³/mol. The molecule has 1 aromatic heterocycles. The van der Waals surface area contributed by atoms with E-state index in [9.17, 15) is 4.79 Å². The van der Waals surface area contributed by atoms with Crippen molar-refractivity contribution in [2.24, 2.45) is 5.92 Å². The average molecular weight is 421 g/mol. The van der Waals surface area contributed by atoms with Gasteiger partial charge < -0.3 is 9.88 Å². The number of nitrogens with zero attached hydrogens (tertiary/aromatic N) is 3. The number of amides is 1. The van der Waals surface area contributed by atoms with Gasteiger partial charge in [-0.2, -0.15) is 0 Å². The summed E-state index contributed by atoms with van der Waals surface area (Å²) in [6.07, 6.45) is 5.37. The number of hydrogen-bond donors (Lipinski definition) is 1. The van der Waals surface area contributed by atoms with E-state index in [1.54, 1.807) is 0 Å². The molecule has 5 nitrogen and oxygen atoms in total. The summed E-state index contributed by atoms with van der Waals surface area (Å²) in [7, 11) is 0. The highest BCUT2D eigenvalue weighted by Gasteiger charge is 2.44. The summed E-state index contributed by atoms with van der Waals surface area (Å²) in [6, 6.07) is 13.9. The molecular formula is C24H25ClN4O. The van der Waals surface area contributed by atoms with Crippen LogP contribution in [-0.2, 0) is 17.8 Å². The van der Waals surface area contributed by atoms with Gasteiger partial charge in [0.2, 0.25) is 5.91 Å². The molecule has 1 saturated carbocycles. The molecule has 0 saturated heterocycles. The van der Waals surface area contributed by atoms with Gasteiger partial charge in [-0.1, -0.05) is 48.4 Å². The van der Waals surface area contributed by atoms with Gasteiger partial charge in [-0.25, -0.2) is 0 Å². The lowest BCUT2D eigenvalue weighted by molar-refractivity contribution is -0.117. The van der Waals surface area contributed by atoms with Crippen molar-refractivity contribution in [1.29, 1.82) is 0 Å². The summed E-state index contributed by atoms with van der Waals surface area (Å²) in [5, 5.41) is 12.7. The van der Waals surface area contributed by atoms with Crippen LogP contribution in [0.3, 0.4) is 0 Å². The smallest absolute Gasteiger partial charge is 0.228 e. The van der Waals surface area contributed by atoms with Crippen LogP contribution in [0.5, 0.6) is 0 Å². The molecule has 1 N–H and O–H groups in total. The Morgan fingerprint density at radius 3 is 2.87 bits per heavy atom. The van der Waals surface area contributed by atoms with E-state index in [1.807, 2.05) is 43.3 Å². The van der Waals surface area contributed by atoms with E-state index in [-0.39, 0.29) is 17.7 Å². The third kappa shape index (κ3) is 3.63. The highest BCUT2D eigenvalue weighted by Crippen LogP contribution is 2.50. The Labute approximate surface area is 181 Å². The number of rotatable bonds is 4. The Balaban J connectivity index is 1.36. The Morgan fingerprint density at radius 1 is 1.13 bits per heavy atom. The fraction of sp³-hybridized carbons (Fsp3) is 0.375. The van der Waals surface area contributed by atoms with Gasteiger partial charge in [0.15, 0.2) is 5.82 Å². The van der Waals surface area contributed by atoms with E-state index in [1.165, 1.54) is 12.8 Å². The summed E-state index contributed by atoms with van der Waals surface area (Å²) < 4.78 is 2.23.